The topological polar surface area (TPSA) is 47.1 Å². The number of nitrogens with one attached hydrogen (secondary N) is 1. The monoisotopic (exact) mass is 213 g/mol. The van der Waals surface area contributed by atoms with E-state index in [0.29, 0.717) is 0 Å². The quantitative estimate of drug-likeness (QED) is 0.723. The zero-order valence-electron chi connectivity index (χ0n) is 8.68. The molecule has 0 spiro atoms. The van der Waals surface area contributed by atoms with Gasteiger partial charge in [-0.2, -0.15) is 5.01 Å². The standard InChI is InChI=1S/C12H11N3O/c1-3-9-4-2-6-13-11(9)10(5-1)12-14-15(12)7-8-16-12/h1-6,14H,7-8H2. The van der Waals surface area contributed by atoms with Crippen LogP contribution in [0.2, 0.25) is 0 Å². The Hall–Kier alpha value is -1.49. The van der Waals surface area contributed by atoms with Crippen LogP contribution in [0.15, 0.2) is 36.5 Å². The largest absolute Gasteiger partial charge is 0.340 e. The minimum atomic E-state index is -0.395. The molecule has 3 heterocycles. The van der Waals surface area contributed by atoms with Crippen molar-refractivity contribution in [3.05, 3.63) is 42.1 Å². The number of para-hydroxylation sites is 1. The Morgan fingerprint density at radius 2 is 2.25 bits per heavy atom. The van der Waals surface area contributed by atoms with E-state index in [4.69, 9.17) is 4.74 Å². The Kier molecular flexibility index (Phi) is 1.51. The molecule has 0 saturated carbocycles. The molecule has 0 aliphatic carbocycles. The van der Waals surface area contributed by atoms with Gasteiger partial charge < -0.3 is 4.74 Å². The fourth-order valence-corrected chi connectivity index (χ4v) is 2.43. The number of hydrogen-bond donors (Lipinski definition) is 1. The van der Waals surface area contributed by atoms with E-state index < -0.39 is 5.85 Å². The number of hydrogen-bond acceptors (Lipinski definition) is 4. The van der Waals surface area contributed by atoms with Crippen molar-refractivity contribution in [2.75, 3.05) is 13.2 Å². The molecule has 4 rings (SSSR count). The fraction of sp³-hybridized carbons (Fsp3) is 0.250. The first-order valence-electron chi connectivity index (χ1n) is 5.44. The maximum Gasteiger partial charge on any atom is 0.232 e. The van der Waals surface area contributed by atoms with Crippen LogP contribution in [0.3, 0.4) is 0 Å². The van der Waals surface area contributed by atoms with Crippen LogP contribution in [0.4, 0.5) is 0 Å². The molecule has 4 heteroatoms. The highest BCUT2D eigenvalue weighted by Gasteiger charge is 2.59. The first kappa shape index (κ1) is 8.64. The van der Waals surface area contributed by atoms with Crippen molar-refractivity contribution in [2.24, 2.45) is 0 Å². The molecule has 0 bridgehead atoms. The van der Waals surface area contributed by atoms with Crippen LogP contribution in [0.25, 0.3) is 10.9 Å². The smallest absolute Gasteiger partial charge is 0.232 e. The van der Waals surface area contributed by atoms with Gasteiger partial charge in [-0.15, -0.1) is 0 Å². The molecule has 2 saturated heterocycles. The molecule has 1 N–H and O–H groups in total. The van der Waals surface area contributed by atoms with Crippen LogP contribution in [0.5, 0.6) is 0 Å². The molecule has 2 atom stereocenters. The molecule has 1 aromatic carbocycles. The summed E-state index contributed by atoms with van der Waals surface area (Å²) in [7, 11) is 0. The van der Waals surface area contributed by atoms with Crippen molar-refractivity contribution in [1.82, 2.24) is 15.4 Å². The number of hydrazine groups is 1. The summed E-state index contributed by atoms with van der Waals surface area (Å²) in [6.45, 7) is 1.71. The maximum absolute atomic E-state index is 5.78. The highest BCUT2D eigenvalue weighted by molar-refractivity contribution is 5.82. The average Bonchev–Trinajstić information content (AvgIpc) is 2.91. The van der Waals surface area contributed by atoms with E-state index in [1.807, 2.05) is 18.3 Å². The Bertz CT molecular complexity index is 566. The van der Waals surface area contributed by atoms with Gasteiger partial charge in [-0.05, 0) is 6.07 Å². The van der Waals surface area contributed by atoms with Gasteiger partial charge in [0.05, 0.1) is 12.1 Å². The van der Waals surface area contributed by atoms with Crippen molar-refractivity contribution < 1.29 is 4.74 Å². The Morgan fingerprint density at radius 1 is 1.31 bits per heavy atom. The van der Waals surface area contributed by atoms with Gasteiger partial charge in [0, 0.05) is 23.7 Å². The Balaban J connectivity index is 1.98. The first-order chi connectivity index (χ1) is 7.90. The number of ether oxygens (including phenoxy) is 1. The van der Waals surface area contributed by atoms with Crippen LogP contribution >= 0.6 is 0 Å². The summed E-state index contributed by atoms with van der Waals surface area (Å²) >= 11 is 0. The fourth-order valence-electron chi connectivity index (χ4n) is 2.43. The third-order valence-electron chi connectivity index (χ3n) is 3.24. The van der Waals surface area contributed by atoms with Crippen LogP contribution in [0, 0.1) is 0 Å². The van der Waals surface area contributed by atoms with E-state index in [0.717, 1.165) is 29.6 Å². The van der Waals surface area contributed by atoms with Gasteiger partial charge in [-0.3, -0.25) is 4.98 Å². The molecule has 80 valence electrons. The zero-order chi connectivity index (χ0) is 10.6. The predicted molar refractivity (Wildman–Crippen MR) is 59.2 cm³/mol. The van der Waals surface area contributed by atoms with Crippen molar-refractivity contribution in [1.29, 1.82) is 0 Å². The lowest BCUT2D eigenvalue weighted by Crippen LogP contribution is -2.16. The molecule has 4 nitrogen and oxygen atoms in total. The van der Waals surface area contributed by atoms with Gasteiger partial charge >= 0.3 is 0 Å². The lowest BCUT2D eigenvalue weighted by Gasteiger charge is -2.11. The summed E-state index contributed by atoms with van der Waals surface area (Å²) in [6.07, 6.45) is 1.82. The average molecular weight is 213 g/mol. The minimum Gasteiger partial charge on any atom is -0.340 e. The number of aromatic nitrogens is 1. The van der Waals surface area contributed by atoms with Gasteiger partial charge in [0.2, 0.25) is 5.85 Å². The molecule has 2 unspecified atom stereocenters. The lowest BCUT2D eigenvalue weighted by atomic mass is 10.1. The molecular weight excluding hydrogens is 202 g/mol. The molecule has 2 aliphatic heterocycles. The second-order valence-electron chi connectivity index (χ2n) is 4.14. The minimum absolute atomic E-state index is 0.395. The number of benzene rings is 1. The Labute approximate surface area is 92.8 Å². The summed E-state index contributed by atoms with van der Waals surface area (Å²) in [6, 6.07) is 10.2. The van der Waals surface area contributed by atoms with Crippen molar-refractivity contribution in [3.63, 3.8) is 0 Å². The summed E-state index contributed by atoms with van der Waals surface area (Å²) in [5, 5.41) is 3.26. The molecule has 16 heavy (non-hydrogen) atoms. The highest BCUT2D eigenvalue weighted by atomic mass is 16.6. The first-order valence-corrected chi connectivity index (χ1v) is 5.44. The van der Waals surface area contributed by atoms with E-state index in [-0.39, 0.29) is 0 Å². The molecule has 0 radical (unpaired) electrons. The van der Waals surface area contributed by atoms with Crippen LogP contribution < -0.4 is 5.43 Å². The van der Waals surface area contributed by atoms with Gasteiger partial charge in [0.15, 0.2) is 0 Å². The van der Waals surface area contributed by atoms with Crippen LogP contribution in [-0.4, -0.2) is 23.1 Å². The number of rotatable bonds is 1. The van der Waals surface area contributed by atoms with Crippen molar-refractivity contribution in [3.8, 4) is 0 Å². The van der Waals surface area contributed by atoms with Crippen molar-refractivity contribution >= 4 is 10.9 Å². The lowest BCUT2D eigenvalue weighted by molar-refractivity contribution is 0.0497. The van der Waals surface area contributed by atoms with E-state index in [2.05, 4.69) is 33.6 Å². The predicted octanol–water partition coefficient (Wildman–Crippen LogP) is 1.20. The van der Waals surface area contributed by atoms with Gasteiger partial charge in [0.25, 0.3) is 0 Å². The normalized spacial score (nSPS) is 31.6. The van der Waals surface area contributed by atoms with Crippen LogP contribution in [-0.2, 0) is 10.6 Å². The van der Waals surface area contributed by atoms with Gasteiger partial charge in [0.1, 0.15) is 0 Å². The second kappa shape index (κ2) is 2.79. The third-order valence-corrected chi connectivity index (χ3v) is 3.24. The summed E-state index contributed by atoms with van der Waals surface area (Å²) in [5.41, 5.74) is 5.39. The SMILES string of the molecule is c1cnc2c(C34NN3CCO4)cccc2c1. The molecule has 0 amide bonds. The third kappa shape index (κ3) is 0.962. The summed E-state index contributed by atoms with van der Waals surface area (Å²) in [4.78, 5) is 4.45. The zero-order valence-corrected chi connectivity index (χ0v) is 8.68. The molecule has 2 fully saturated rings. The van der Waals surface area contributed by atoms with Gasteiger partial charge in [-0.1, -0.05) is 24.3 Å². The number of nitrogens with zero attached hydrogens (tertiary/aromatic N) is 2. The van der Waals surface area contributed by atoms with Crippen LogP contribution in [0.1, 0.15) is 5.56 Å². The molecular formula is C12H11N3O. The maximum atomic E-state index is 5.78. The van der Waals surface area contributed by atoms with E-state index >= 15 is 0 Å². The summed E-state index contributed by atoms with van der Waals surface area (Å²) < 4.78 is 5.78. The summed E-state index contributed by atoms with van der Waals surface area (Å²) in [5.74, 6) is -0.395. The highest BCUT2D eigenvalue weighted by Crippen LogP contribution is 2.43. The van der Waals surface area contributed by atoms with Gasteiger partial charge in [-0.25, -0.2) is 5.43 Å². The number of pyridine rings is 1. The van der Waals surface area contributed by atoms with E-state index in [1.54, 1.807) is 0 Å². The Morgan fingerprint density at radius 3 is 3.06 bits per heavy atom. The molecule has 1 aromatic heterocycles. The molecule has 2 aromatic rings. The van der Waals surface area contributed by atoms with Crippen molar-refractivity contribution in [2.45, 2.75) is 5.85 Å². The van der Waals surface area contributed by atoms with E-state index in [9.17, 15) is 0 Å². The molecule has 2 aliphatic rings. The second-order valence-corrected chi connectivity index (χ2v) is 4.14. The number of fused-ring (bicyclic) bond motifs is 2. The van der Waals surface area contributed by atoms with E-state index in [1.165, 1.54) is 0 Å².